The molecule has 0 saturated carbocycles. The second-order valence-electron chi connectivity index (χ2n) is 4.41. The maximum Gasteiger partial charge on any atom is 0.318 e. The predicted octanol–water partition coefficient (Wildman–Crippen LogP) is 1.37. The van der Waals surface area contributed by atoms with E-state index in [2.05, 4.69) is 10.3 Å². The third kappa shape index (κ3) is 3.03. The number of nitrogens with zero attached hydrogens (tertiary/aromatic N) is 1. The van der Waals surface area contributed by atoms with Crippen molar-refractivity contribution in [3.8, 4) is 0 Å². The van der Waals surface area contributed by atoms with Crippen molar-refractivity contribution >= 4 is 11.9 Å². The summed E-state index contributed by atoms with van der Waals surface area (Å²) in [6.45, 7) is 4.54. The van der Waals surface area contributed by atoms with Crippen LogP contribution in [-0.4, -0.2) is 22.0 Å². The molecule has 0 fully saturated rings. The molecule has 1 amide bonds. The summed E-state index contributed by atoms with van der Waals surface area (Å²) in [4.78, 5) is 26.6. The predicted molar refractivity (Wildman–Crippen MR) is 62.2 cm³/mol. The summed E-state index contributed by atoms with van der Waals surface area (Å²) in [5, 5.41) is 11.6. The molecule has 1 aromatic heterocycles. The van der Waals surface area contributed by atoms with Crippen molar-refractivity contribution in [1.29, 1.82) is 0 Å². The fourth-order valence-electron chi connectivity index (χ4n) is 1.19. The minimum absolute atomic E-state index is 0.269. The number of hydrogen-bond acceptors (Lipinski definition) is 3. The second kappa shape index (κ2) is 4.95. The van der Waals surface area contributed by atoms with Gasteiger partial charge in [0.2, 0.25) is 5.91 Å². The number of rotatable bonds is 4. The number of pyridine rings is 1. The Balaban J connectivity index is 2.74. The quantitative estimate of drug-likeness (QED) is 0.774. The number of aromatic nitrogens is 1. The third-order valence-corrected chi connectivity index (χ3v) is 2.63. The van der Waals surface area contributed by atoms with Crippen LogP contribution in [0.25, 0.3) is 0 Å². The van der Waals surface area contributed by atoms with E-state index in [1.165, 1.54) is 13.8 Å². The highest BCUT2D eigenvalue weighted by Crippen LogP contribution is 2.18. The van der Waals surface area contributed by atoms with Crippen molar-refractivity contribution < 1.29 is 14.7 Å². The van der Waals surface area contributed by atoms with Crippen LogP contribution in [-0.2, 0) is 9.59 Å². The number of hydrogen-bond donors (Lipinski definition) is 2. The molecule has 17 heavy (non-hydrogen) atoms. The minimum atomic E-state index is -1.43. The molecular formula is C12H16N2O3. The van der Waals surface area contributed by atoms with Gasteiger partial charge in [0.1, 0.15) is 5.41 Å². The van der Waals surface area contributed by atoms with Gasteiger partial charge in [-0.15, -0.1) is 0 Å². The van der Waals surface area contributed by atoms with Gasteiger partial charge in [-0.05, 0) is 32.4 Å². The highest BCUT2D eigenvalue weighted by Gasteiger charge is 2.36. The van der Waals surface area contributed by atoms with Crippen molar-refractivity contribution in [2.45, 2.75) is 26.8 Å². The lowest BCUT2D eigenvalue weighted by Crippen LogP contribution is -2.43. The molecule has 0 spiro atoms. The summed E-state index contributed by atoms with van der Waals surface area (Å²) in [5.74, 6) is -1.66. The normalized spacial score (nSPS) is 12.9. The molecule has 0 saturated heterocycles. The molecular weight excluding hydrogens is 220 g/mol. The molecule has 0 aliphatic carbocycles. The third-order valence-electron chi connectivity index (χ3n) is 2.63. The standard InChI is InChI=1S/C12H16N2O3/c1-8(9-5-4-6-13-7-9)14-10(15)12(2,3)11(16)17/h4-8H,1-3H3,(H,14,15)(H,16,17). The van der Waals surface area contributed by atoms with Crippen LogP contribution in [0.3, 0.4) is 0 Å². The highest BCUT2D eigenvalue weighted by atomic mass is 16.4. The molecule has 1 rings (SSSR count). The molecule has 0 radical (unpaired) electrons. The van der Waals surface area contributed by atoms with Crippen LogP contribution in [0, 0.1) is 5.41 Å². The summed E-state index contributed by atoms with van der Waals surface area (Å²) in [6, 6.07) is 3.32. The van der Waals surface area contributed by atoms with Gasteiger partial charge >= 0.3 is 5.97 Å². The molecule has 5 nitrogen and oxygen atoms in total. The Hall–Kier alpha value is -1.91. The lowest BCUT2D eigenvalue weighted by molar-refractivity contribution is -0.153. The fraction of sp³-hybridized carbons (Fsp3) is 0.417. The number of aliphatic carboxylic acids is 1. The number of amides is 1. The first kappa shape index (κ1) is 13.2. The monoisotopic (exact) mass is 236 g/mol. The summed E-state index contributed by atoms with van der Waals surface area (Å²) >= 11 is 0. The molecule has 92 valence electrons. The smallest absolute Gasteiger partial charge is 0.318 e. The van der Waals surface area contributed by atoms with E-state index in [1.54, 1.807) is 25.4 Å². The van der Waals surface area contributed by atoms with Crippen LogP contribution in [0.5, 0.6) is 0 Å². The van der Waals surface area contributed by atoms with Crippen LogP contribution in [0.15, 0.2) is 24.5 Å². The van der Waals surface area contributed by atoms with Gasteiger partial charge in [-0.3, -0.25) is 14.6 Å². The summed E-state index contributed by atoms with van der Waals surface area (Å²) in [7, 11) is 0. The molecule has 0 aliphatic heterocycles. The van der Waals surface area contributed by atoms with Gasteiger partial charge in [-0.25, -0.2) is 0 Å². The minimum Gasteiger partial charge on any atom is -0.480 e. The van der Waals surface area contributed by atoms with Gasteiger partial charge in [0.15, 0.2) is 0 Å². The fourth-order valence-corrected chi connectivity index (χ4v) is 1.19. The maximum absolute atomic E-state index is 11.8. The van der Waals surface area contributed by atoms with Crippen molar-refractivity contribution in [3.05, 3.63) is 30.1 Å². The van der Waals surface area contributed by atoms with Gasteiger partial charge in [0.25, 0.3) is 0 Å². The average Bonchev–Trinajstić information content (AvgIpc) is 2.29. The van der Waals surface area contributed by atoms with Crippen LogP contribution in [0.2, 0.25) is 0 Å². The van der Waals surface area contributed by atoms with Crippen LogP contribution >= 0.6 is 0 Å². The molecule has 5 heteroatoms. The van der Waals surface area contributed by atoms with Crippen molar-refractivity contribution in [2.75, 3.05) is 0 Å². The summed E-state index contributed by atoms with van der Waals surface area (Å²) < 4.78 is 0. The maximum atomic E-state index is 11.8. The van der Waals surface area contributed by atoms with E-state index in [0.29, 0.717) is 0 Å². The largest absolute Gasteiger partial charge is 0.480 e. The van der Waals surface area contributed by atoms with E-state index in [0.717, 1.165) is 5.56 Å². The summed E-state index contributed by atoms with van der Waals surface area (Å²) in [5.41, 5.74) is -0.599. The van der Waals surface area contributed by atoms with Gasteiger partial charge in [-0.1, -0.05) is 6.07 Å². The second-order valence-corrected chi connectivity index (χ2v) is 4.41. The zero-order valence-electron chi connectivity index (χ0n) is 10.1. The molecule has 0 aliphatic rings. The van der Waals surface area contributed by atoms with Gasteiger partial charge < -0.3 is 10.4 Å². The Morgan fingerprint density at radius 2 is 2.12 bits per heavy atom. The molecule has 1 unspecified atom stereocenters. The van der Waals surface area contributed by atoms with E-state index in [9.17, 15) is 9.59 Å². The topological polar surface area (TPSA) is 79.3 Å². The Morgan fingerprint density at radius 3 is 2.59 bits per heavy atom. The first-order chi connectivity index (χ1) is 7.85. The van der Waals surface area contributed by atoms with E-state index in [4.69, 9.17) is 5.11 Å². The van der Waals surface area contributed by atoms with Crippen molar-refractivity contribution in [2.24, 2.45) is 5.41 Å². The highest BCUT2D eigenvalue weighted by molar-refractivity contribution is 6.01. The zero-order chi connectivity index (χ0) is 13.1. The molecule has 0 bridgehead atoms. The van der Waals surface area contributed by atoms with Crippen molar-refractivity contribution in [3.63, 3.8) is 0 Å². The van der Waals surface area contributed by atoms with Gasteiger partial charge in [0.05, 0.1) is 6.04 Å². The zero-order valence-corrected chi connectivity index (χ0v) is 10.1. The first-order valence-electron chi connectivity index (χ1n) is 5.30. The number of carbonyl (C=O) groups excluding carboxylic acids is 1. The van der Waals surface area contributed by atoms with E-state index in [1.807, 2.05) is 6.07 Å². The molecule has 1 heterocycles. The van der Waals surface area contributed by atoms with Crippen LogP contribution in [0.4, 0.5) is 0 Å². The first-order valence-corrected chi connectivity index (χ1v) is 5.30. The number of carboxylic acid groups (broad SMARTS) is 1. The molecule has 1 aromatic rings. The summed E-state index contributed by atoms with van der Waals surface area (Å²) in [6.07, 6.45) is 3.28. The van der Waals surface area contributed by atoms with Gasteiger partial charge in [0, 0.05) is 12.4 Å². The SMILES string of the molecule is CC(NC(=O)C(C)(C)C(=O)O)c1cccnc1. The lowest BCUT2D eigenvalue weighted by atomic mass is 9.92. The Labute approximate surface area is 99.9 Å². The van der Waals surface area contributed by atoms with E-state index in [-0.39, 0.29) is 6.04 Å². The Bertz CT molecular complexity index is 415. The van der Waals surface area contributed by atoms with Gasteiger partial charge in [-0.2, -0.15) is 0 Å². The Morgan fingerprint density at radius 1 is 1.47 bits per heavy atom. The van der Waals surface area contributed by atoms with Crippen LogP contribution < -0.4 is 5.32 Å². The molecule has 1 atom stereocenters. The van der Waals surface area contributed by atoms with E-state index < -0.39 is 17.3 Å². The Kier molecular flexibility index (Phi) is 3.83. The molecule has 2 N–H and O–H groups in total. The number of carbonyl (C=O) groups is 2. The lowest BCUT2D eigenvalue weighted by Gasteiger charge is -2.22. The average molecular weight is 236 g/mol. The molecule has 0 aromatic carbocycles. The van der Waals surface area contributed by atoms with E-state index >= 15 is 0 Å². The van der Waals surface area contributed by atoms with Crippen molar-refractivity contribution in [1.82, 2.24) is 10.3 Å². The number of carboxylic acids is 1. The van der Waals surface area contributed by atoms with Crippen LogP contribution in [0.1, 0.15) is 32.4 Å². The number of nitrogens with one attached hydrogen (secondary N) is 1.